The van der Waals surface area contributed by atoms with Crippen molar-refractivity contribution in [3.8, 4) is 23.1 Å². The molecule has 11 heteroatoms. The Morgan fingerprint density at radius 1 is 1.10 bits per heavy atom. The molecule has 202 valence electrons. The van der Waals surface area contributed by atoms with Crippen molar-refractivity contribution in [1.82, 2.24) is 4.98 Å². The molecule has 0 unspecified atom stereocenters. The van der Waals surface area contributed by atoms with E-state index in [2.05, 4.69) is 17.1 Å². The van der Waals surface area contributed by atoms with Gasteiger partial charge in [-0.1, -0.05) is 18.2 Å². The predicted molar refractivity (Wildman–Crippen MR) is 134 cm³/mol. The molecule has 5 rings (SSSR count). The van der Waals surface area contributed by atoms with Gasteiger partial charge in [0.15, 0.2) is 0 Å². The molecule has 2 aliphatic heterocycles. The van der Waals surface area contributed by atoms with E-state index in [1.54, 1.807) is 37.6 Å². The molecule has 1 N–H and O–H groups in total. The molecule has 3 aromatic rings. The Labute approximate surface area is 222 Å². The molecule has 0 saturated carbocycles. The van der Waals surface area contributed by atoms with Gasteiger partial charge in [-0.25, -0.2) is 9.78 Å². The zero-order valence-electron chi connectivity index (χ0n) is 20.9. The molecule has 1 fully saturated rings. The number of rotatable bonds is 3. The fourth-order valence-corrected chi connectivity index (χ4v) is 4.83. The summed E-state index contributed by atoms with van der Waals surface area (Å²) < 4.78 is 42.7. The molecule has 2 aliphatic rings. The highest BCUT2D eigenvalue weighted by Crippen LogP contribution is 2.48. The average molecular weight is 540 g/mol. The maximum Gasteiger partial charge on any atom is 0.490 e. The number of hydrogen-bond acceptors (Lipinski definition) is 6. The number of amides is 1. The Hall–Kier alpha value is -4.43. The third-order valence-corrected chi connectivity index (χ3v) is 6.81. The van der Waals surface area contributed by atoms with Crippen LogP contribution in [0.25, 0.3) is 11.1 Å². The van der Waals surface area contributed by atoms with Crippen molar-refractivity contribution in [3.63, 3.8) is 0 Å². The Bertz CT molecular complexity index is 1430. The van der Waals surface area contributed by atoms with Crippen LogP contribution in [-0.4, -0.2) is 55.0 Å². The van der Waals surface area contributed by atoms with Crippen molar-refractivity contribution in [1.29, 1.82) is 5.26 Å². The number of fused-ring (bicyclic) bond motifs is 2. The van der Waals surface area contributed by atoms with Gasteiger partial charge in [0.05, 0.1) is 24.3 Å². The first-order chi connectivity index (χ1) is 18.6. The van der Waals surface area contributed by atoms with Gasteiger partial charge in [0, 0.05) is 43.1 Å². The second-order valence-corrected chi connectivity index (χ2v) is 9.06. The van der Waals surface area contributed by atoms with Crippen LogP contribution in [0.15, 0.2) is 60.8 Å². The summed E-state index contributed by atoms with van der Waals surface area (Å²) in [4.78, 5) is 28.5. The van der Waals surface area contributed by atoms with E-state index in [-0.39, 0.29) is 11.3 Å². The van der Waals surface area contributed by atoms with Gasteiger partial charge in [-0.3, -0.25) is 4.79 Å². The van der Waals surface area contributed by atoms with Crippen LogP contribution in [0.5, 0.6) is 5.88 Å². The molecule has 3 heterocycles. The minimum absolute atomic E-state index is 0.134. The summed E-state index contributed by atoms with van der Waals surface area (Å²) in [7, 11) is 1.61. The van der Waals surface area contributed by atoms with Gasteiger partial charge in [0.25, 0.3) is 5.91 Å². The Morgan fingerprint density at radius 2 is 1.77 bits per heavy atom. The summed E-state index contributed by atoms with van der Waals surface area (Å²) in [5, 5.41) is 16.6. The van der Waals surface area contributed by atoms with E-state index < -0.39 is 12.1 Å². The number of carboxylic acids is 1. The molecule has 0 radical (unpaired) electrons. The predicted octanol–water partition coefficient (Wildman–Crippen LogP) is 4.97. The van der Waals surface area contributed by atoms with Crippen LogP contribution >= 0.6 is 0 Å². The second kappa shape index (κ2) is 11.1. The smallest absolute Gasteiger partial charge is 0.481 e. The van der Waals surface area contributed by atoms with E-state index in [4.69, 9.17) is 19.4 Å². The van der Waals surface area contributed by atoms with Crippen LogP contribution in [0.3, 0.4) is 0 Å². The van der Waals surface area contributed by atoms with Crippen molar-refractivity contribution in [2.45, 2.75) is 24.4 Å². The van der Waals surface area contributed by atoms with Gasteiger partial charge in [-0.15, -0.1) is 0 Å². The number of ether oxygens (including phenoxy) is 2. The minimum atomic E-state index is -5.08. The SMILES string of the molecule is COc1cc(-c2ccc3c(c2)C2(CCOCC2)CN3C(=O)c2ccccc2C#N)ccn1.O=C(O)C(F)(F)F. The first kappa shape index (κ1) is 27.6. The van der Waals surface area contributed by atoms with Gasteiger partial charge in [-0.2, -0.15) is 18.4 Å². The van der Waals surface area contributed by atoms with Crippen LogP contribution in [0.4, 0.5) is 18.9 Å². The number of nitriles is 1. The van der Waals surface area contributed by atoms with Crippen LogP contribution in [0.2, 0.25) is 0 Å². The molecule has 0 atom stereocenters. The number of benzene rings is 2. The van der Waals surface area contributed by atoms with Crippen LogP contribution < -0.4 is 9.64 Å². The summed E-state index contributed by atoms with van der Waals surface area (Å²) in [5.74, 6) is -2.33. The fraction of sp³-hybridized carbons (Fsp3) is 0.286. The molecule has 8 nitrogen and oxygen atoms in total. The summed E-state index contributed by atoms with van der Waals surface area (Å²) >= 11 is 0. The van der Waals surface area contributed by atoms with E-state index in [1.165, 1.54) is 0 Å². The Kier molecular flexibility index (Phi) is 7.88. The highest BCUT2D eigenvalue weighted by Gasteiger charge is 2.46. The van der Waals surface area contributed by atoms with Crippen LogP contribution in [-0.2, 0) is 14.9 Å². The fourth-order valence-electron chi connectivity index (χ4n) is 4.83. The Balaban J connectivity index is 0.000000448. The summed E-state index contributed by atoms with van der Waals surface area (Å²) in [6.07, 6.45) is -1.64. The molecule has 1 aromatic heterocycles. The van der Waals surface area contributed by atoms with E-state index in [1.807, 2.05) is 29.2 Å². The van der Waals surface area contributed by atoms with Crippen molar-refractivity contribution in [3.05, 3.63) is 77.5 Å². The van der Waals surface area contributed by atoms with E-state index >= 15 is 0 Å². The number of carbonyl (C=O) groups is 2. The number of hydrogen-bond donors (Lipinski definition) is 1. The third-order valence-electron chi connectivity index (χ3n) is 6.81. The maximum absolute atomic E-state index is 13.6. The first-order valence-corrected chi connectivity index (χ1v) is 11.9. The van der Waals surface area contributed by atoms with Crippen molar-refractivity contribution in [2.24, 2.45) is 0 Å². The third kappa shape index (κ3) is 5.71. The monoisotopic (exact) mass is 539 g/mol. The highest BCUT2D eigenvalue weighted by molar-refractivity contribution is 6.09. The number of pyridine rings is 1. The van der Waals surface area contributed by atoms with E-state index in [0.29, 0.717) is 36.8 Å². The van der Waals surface area contributed by atoms with Crippen molar-refractivity contribution in [2.75, 3.05) is 31.8 Å². The zero-order valence-corrected chi connectivity index (χ0v) is 20.9. The lowest BCUT2D eigenvalue weighted by Crippen LogP contribution is -2.40. The average Bonchev–Trinajstić information content (AvgIpc) is 3.25. The largest absolute Gasteiger partial charge is 0.490 e. The topological polar surface area (TPSA) is 113 Å². The molecule has 0 aliphatic carbocycles. The quantitative estimate of drug-likeness (QED) is 0.500. The number of alkyl halides is 3. The molecule has 1 amide bonds. The maximum atomic E-state index is 13.6. The molecule has 39 heavy (non-hydrogen) atoms. The van der Waals surface area contributed by atoms with Gasteiger partial charge >= 0.3 is 12.1 Å². The van der Waals surface area contributed by atoms with Gasteiger partial charge in [0.1, 0.15) is 0 Å². The summed E-state index contributed by atoms with van der Waals surface area (Å²) in [5.41, 5.74) is 4.83. The first-order valence-electron chi connectivity index (χ1n) is 11.9. The number of carboxylic acid groups (broad SMARTS) is 1. The molecule has 1 spiro atoms. The van der Waals surface area contributed by atoms with Crippen LogP contribution in [0.1, 0.15) is 34.3 Å². The molecule has 2 aromatic carbocycles. The van der Waals surface area contributed by atoms with Gasteiger partial charge in [-0.05, 0) is 59.9 Å². The van der Waals surface area contributed by atoms with Crippen molar-refractivity contribution >= 4 is 17.6 Å². The standard InChI is InChI=1S/C26H23N3O3.C2HF3O2/c1-31-24-15-19(8-11-28-24)18-6-7-23-22(14-18)26(9-12-32-13-10-26)17-29(23)25(30)21-5-3-2-4-20(21)16-27;3-2(4,5)1(6)7/h2-8,11,14-15H,9-10,12-13,17H2,1H3;(H,6,7). The number of aromatic nitrogens is 1. The number of anilines is 1. The van der Waals surface area contributed by atoms with E-state index in [0.717, 1.165) is 35.2 Å². The zero-order chi connectivity index (χ0) is 28.2. The number of halogens is 3. The van der Waals surface area contributed by atoms with E-state index in [9.17, 15) is 23.2 Å². The number of aliphatic carboxylic acids is 1. The lowest BCUT2D eigenvalue weighted by atomic mass is 9.75. The van der Waals surface area contributed by atoms with Gasteiger partial charge in [0.2, 0.25) is 5.88 Å². The lowest BCUT2D eigenvalue weighted by molar-refractivity contribution is -0.192. The number of nitrogens with zero attached hydrogens (tertiary/aromatic N) is 3. The summed E-state index contributed by atoms with van der Waals surface area (Å²) in [6.45, 7) is 1.93. The molecular weight excluding hydrogens is 515 g/mol. The molecule has 1 saturated heterocycles. The minimum Gasteiger partial charge on any atom is -0.481 e. The normalized spacial score (nSPS) is 15.5. The molecular formula is C28H24F3N3O5. The Morgan fingerprint density at radius 3 is 2.41 bits per heavy atom. The second-order valence-electron chi connectivity index (χ2n) is 9.06. The summed E-state index contributed by atoms with van der Waals surface area (Å²) in [6, 6.07) is 19.3. The number of methoxy groups -OCH3 is 1. The molecule has 0 bridgehead atoms. The highest BCUT2D eigenvalue weighted by atomic mass is 19.4. The van der Waals surface area contributed by atoms with Crippen molar-refractivity contribution < 1.29 is 37.3 Å². The lowest BCUT2D eigenvalue weighted by Gasteiger charge is -2.34. The van der Waals surface area contributed by atoms with Gasteiger partial charge < -0.3 is 19.5 Å². The van der Waals surface area contributed by atoms with Crippen LogP contribution in [0, 0.1) is 11.3 Å². The number of carbonyl (C=O) groups excluding carboxylic acids is 1.